The van der Waals surface area contributed by atoms with Crippen LogP contribution in [0.25, 0.3) is 0 Å². The lowest BCUT2D eigenvalue weighted by atomic mass is 10.1. The molecule has 6 nitrogen and oxygen atoms in total. The number of nitrogens with zero attached hydrogens (tertiary/aromatic N) is 4. The zero-order valence-electron chi connectivity index (χ0n) is 19.3. The maximum atomic E-state index is 13.0. The third kappa shape index (κ3) is 5.58. The summed E-state index contributed by atoms with van der Waals surface area (Å²) in [6.45, 7) is 8.41. The first-order valence-corrected chi connectivity index (χ1v) is 13.6. The second-order valence-corrected chi connectivity index (χ2v) is 10.9. The van der Waals surface area contributed by atoms with Gasteiger partial charge in [-0.3, -0.25) is 19.4 Å². The van der Waals surface area contributed by atoms with Gasteiger partial charge in [-0.15, -0.1) is 22.7 Å². The van der Waals surface area contributed by atoms with Crippen LogP contribution in [0.4, 0.5) is 0 Å². The van der Waals surface area contributed by atoms with E-state index in [9.17, 15) is 9.59 Å². The number of carbonyl (C=O) groups is 2. The summed E-state index contributed by atoms with van der Waals surface area (Å²) in [4.78, 5) is 37.3. The molecule has 0 unspecified atom stereocenters. The maximum Gasteiger partial charge on any atom is 0.253 e. The molecule has 5 rings (SSSR count). The van der Waals surface area contributed by atoms with Crippen molar-refractivity contribution in [2.75, 3.05) is 52.4 Å². The minimum Gasteiger partial charge on any atom is -0.336 e. The normalized spacial score (nSPS) is 17.8. The summed E-state index contributed by atoms with van der Waals surface area (Å²) in [5.74, 6) is 0.105. The van der Waals surface area contributed by atoms with Crippen LogP contribution in [-0.2, 0) is 13.1 Å². The van der Waals surface area contributed by atoms with E-state index in [-0.39, 0.29) is 11.8 Å². The third-order valence-electron chi connectivity index (χ3n) is 6.62. The van der Waals surface area contributed by atoms with Crippen LogP contribution in [-0.4, -0.2) is 83.8 Å². The predicted molar refractivity (Wildman–Crippen MR) is 137 cm³/mol. The number of thiophene rings is 2. The number of carbonyl (C=O) groups excluding carboxylic acids is 2. The van der Waals surface area contributed by atoms with Crippen molar-refractivity contribution in [2.45, 2.75) is 13.1 Å². The van der Waals surface area contributed by atoms with Gasteiger partial charge in [0, 0.05) is 86.3 Å². The zero-order chi connectivity index (χ0) is 23.3. The Morgan fingerprint density at radius 3 is 1.29 bits per heavy atom. The molecule has 0 saturated carbocycles. The Kier molecular flexibility index (Phi) is 7.39. The summed E-state index contributed by atoms with van der Waals surface area (Å²) in [6, 6.07) is 15.7. The first-order chi connectivity index (χ1) is 16.7. The van der Waals surface area contributed by atoms with E-state index in [1.807, 2.05) is 9.80 Å². The molecule has 2 aliphatic rings. The third-order valence-corrected chi connectivity index (χ3v) is 8.34. The second-order valence-electron chi connectivity index (χ2n) is 8.87. The molecule has 4 heterocycles. The number of amides is 2. The summed E-state index contributed by atoms with van der Waals surface area (Å²) in [6.07, 6.45) is 0. The molecule has 2 saturated heterocycles. The van der Waals surface area contributed by atoms with Gasteiger partial charge in [-0.2, -0.15) is 0 Å². The Balaban J connectivity index is 1.10. The van der Waals surface area contributed by atoms with Crippen molar-refractivity contribution in [1.29, 1.82) is 0 Å². The van der Waals surface area contributed by atoms with Gasteiger partial charge in [0.2, 0.25) is 0 Å². The van der Waals surface area contributed by atoms with Crippen molar-refractivity contribution in [3.8, 4) is 0 Å². The van der Waals surface area contributed by atoms with Gasteiger partial charge in [0.15, 0.2) is 0 Å². The van der Waals surface area contributed by atoms with Crippen LogP contribution in [0, 0.1) is 0 Å². The number of benzene rings is 1. The van der Waals surface area contributed by atoms with Gasteiger partial charge in [0.25, 0.3) is 11.8 Å². The largest absolute Gasteiger partial charge is 0.336 e. The molecule has 8 heteroatoms. The van der Waals surface area contributed by atoms with E-state index < -0.39 is 0 Å². The minimum absolute atomic E-state index is 0.0527. The maximum absolute atomic E-state index is 13.0. The SMILES string of the molecule is O=C(c1ccc(C(=O)N2CCN(Cc3cccs3)CC2)cc1)N1CCN(Cc2cccs2)CC1. The van der Waals surface area contributed by atoms with Crippen LogP contribution >= 0.6 is 22.7 Å². The first-order valence-electron chi connectivity index (χ1n) is 11.8. The molecular weight excluding hydrogens is 464 g/mol. The molecule has 2 amide bonds. The number of hydrogen-bond donors (Lipinski definition) is 0. The summed E-state index contributed by atoms with van der Waals surface area (Å²) in [5, 5.41) is 4.21. The quantitative estimate of drug-likeness (QED) is 0.524. The van der Waals surface area contributed by atoms with Crippen molar-refractivity contribution in [2.24, 2.45) is 0 Å². The summed E-state index contributed by atoms with van der Waals surface area (Å²) < 4.78 is 0. The highest BCUT2D eigenvalue weighted by Gasteiger charge is 2.24. The standard InChI is InChI=1S/C26H30N4O2S2/c31-25(29-13-9-27(10-14-29)19-23-3-1-17-33-23)21-5-7-22(8-6-21)26(32)30-15-11-28(12-16-30)20-24-4-2-18-34-24/h1-8,17-18H,9-16,19-20H2. The fraction of sp³-hybridized carbons (Fsp3) is 0.385. The van der Waals surface area contributed by atoms with Gasteiger partial charge in [-0.05, 0) is 47.2 Å². The Morgan fingerprint density at radius 1 is 0.588 bits per heavy atom. The number of hydrogen-bond acceptors (Lipinski definition) is 6. The van der Waals surface area contributed by atoms with E-state index in [2.05, 4.69) is 44.8 Å². The lowest BCUT2D eigenvalue weighted by Crippen LogP contribution is -2.48. The lowest BCUT2D eigenvalue weighted by molar-refractivity contribution is 0.0618. The van der Waals surface area contributed by atoms with Crippen LogP contribution in [0.3, 0.4) is 0 Å². The summed E-state index contributed by atoms with van der Waals surface area (Å²) >= 11 is 3.56. The van der Waals surface area contributed by atoms with Crippen LogP contribution < -0.4 is 0 Å². The molecule has 2 aromatic heterocycles. The van der Waals surface area contributed by atoms with Gasteiger partial charge in [-0.25, -0.2) is 0 Å². The molecule has 34 heavy (non-hydrogen) atoms. The van der Waals surface area contributed by atoms with E-state index in [0.717, 1.165) is 65.4 Å². The van der Waals surface area contributed by atoms with E-state index in [0.29, 0.717) is 11.1 Å². The molecule has 0 bridgehead atoms. The summed E-state index contributed by atoms with van der Waals surface area (Å²) in [5.41, 5.74) is 1.31. The van der Waals surface area contributed by atoms with Gasteiger partial charge < -0.3 is 9.80 Å². The highest BCUT2D eigenvalue weighted by Crippen LogP contribution is 2.17. The molecule has 2 aliphatic heterocycles. The van der Waals surface area contributed by atoms with Crippen molar-refractivity contribution in [3.05, 3.63) is 80.2 Å². The Labute approximate surface area is 209 Å². The van der Waals surface area contributed by atoms with Crippen molar-refractivity contribution < 1.29 is 9.59 Å². The number of piperazine rings is 2. The average molecular weight is 495 g/mol. The van der Waals surface area contributed by atoms with E-state index in [4.69, 9.17) is 0 Å². The second kappa shape index (κ2) is 10.8. The fourth-order valence-corrected chi connectivity index (χ4v) is 6.08. The molecule has 0 radical (unpaired) electrons. The van der Waals surface area contributed by atoms with Crippen LogP contribution in [0.1, 0.15) is 30.5 Å². The summed E-state index contributed by atoms with van der Waals surface area (Å²) in [7, 11) is 0. The van der Waals surface area contributed by atoms with Crippen LogP contribution in [0.15, 0.2) is 59.3 Å². The van der Waals surface area contributed by atoms with Crippen LogP contribution in [0.2, 0.25) is 0 Å². The van der Waals surface area contributed by atoms with Gasteiger partial charge in [0.1, 0.15) is 0 Å². The molecule has 0 atom stereocenters. The number of rotatable bonds is 6. The van der Waals surface area contributed by atoms with E-state index >= 15 is 0 Å². The Bertz CT molecular complexity index is 979. The minimum atomic E-state index is 0.0527. The highest BCUT2D eigenvalue weighted by molar-refractivity contribution is 7.10. The topological polar surface area (TPSA) is 47.1 Å². The Hall–Kier alpha value is -2.52. The van der Waals surface area contributed by atoms with Crippen molar-refractivity contribution in [3.63, 3.8) is 0 Å². The molecule has 3 aromatic rings. The van der Waals surface area contributed by atoms with Gasteiger partial charge in [0.05, 0.1) is 0 Å². The molecular formula is C26H30N4O2S2. The molecule has 1 aromatic carbocycles. The lowest BCUT2D eigenvalue weighted by Gasteiger charge is -2.35. The molecule has 0 spiro atoms. The fourth-order valence-electron chi connectivity index (χ4n) is 4.58. The molecule has 0 aliphatic carbocycles. The highest BCUT2D eigenvalue weighted by atomic mass is 32.1. The van der Waals surface area contributed by atoms with Crippen molar-refractivity contribution in [1.82, 2.24) is 19.6 Å². The van der Waals surface area contributed by atoms with Gasteiger partial charge in [-0.1, -0.05) is 12.1 Å². The average Bonchev–Trinajstić information content (AvgIpc) is 3.59. The molecule has 0 N–H and O–H groups in total. The van der Waals surface area contributed by atoms with Crippen molar-refractivity contribution >= 4 is 34.5 Å². The first kappa shape index (κ1) is 23.2. The Morgan fingerprint density at radius 2 is 0.971 bits per heavy atom. The zero-order valence-corrected chi connectivity index (χ0v) is 20.9. The van der Waals surface area contributed by atoms with E-state index in [1.54, 1.807) is 46.9 Å². The predicted octanol–water partition coefficient (Wildman–Crippen LogP) is 3.73. The molecule has 2 fully saturated rings. The van der Waals surface area contributed by atoms with Gasteiger partial charge >= 0.3 is 0 Å². The molecule has 178 valence electrons. The monoisotopic (exact) mass is 494 g/mol. The smallest absolute Gasteiger partial charge is 0.253 e. The van der Waals surface area contributed by atoms with E-state index in [1.165, 1.54) is 9.75 Å². The van der Waals surface area contributed by atoms with Crippen LogP contribution in [0.5, 0.6) is 0 Å².